The third-order valence-electron chi connectivity index (χ3n) is 6.46. The number of nitrogens with one attached hydrogen (secondary N) is 1. The summed E-state index contributed by atoms with van der Waals surface area (Å²) < 4.78 is 14.8. The highest BCUT2D eigenvalue weighted by atomic mass is 19.1. The van der Waals surface area contributed by atoms with Gasteiger partial charge in [-0.15, -0.1) is 0 Å². The number of rotatable bonds is 6. The predicted molar refractivity (Wildman–Crippen MR) is 125 cm³/mol. The predicted octanol–water partition coefficient (Wildman–Crippen LogP) is 1.46. The zero-order valence-corrected chi connectivity index (χ0v) is 18.9. The Hall–Kier alpha value is -2.95. The Morgan fingerprint density at radius 3 is 2.73 bits per heavy atom. The molecule has 1 saturated heterocycles. The zero-order valence-electron chi connectivity index (χ0n) is 18.9. The van der Waals surface area contributed by atoms with Crippen molar-refractivity contribution in [2.24, 2.45) is 0 Å². The molecule has 0 spiro atoms. The van der Waals surface area contributed by atoms with Gasteiger partial charge in [0.1, 0.15) is 6.67 Å². The van der Waals surface area contributed by atoms with Crippen LogP contribution in [0, 0.1) is 0 Å². The molecular formula is C23H29FN8O. The van der Waals surface area contributed by atoms with E-state index in [1.165, 1.54) is 0 Å². The van der Waals surface area contributed by atoms with Crippen LogP contribution in [-0.2, 0) is 17.9 Å². The lowest BCUT2D eigenvalue weighted by Gasteiger charge is -2.31. The second kappa shape index (κ2) is 9.50. The first-order valence-corrected chi connectivity index (χ1v) is 11.4. The van der Waals surface area contributed by atoms with E-state index in [1.54, 1.807) is 6.20 Å². The molecule has 1 amide bonds. The van der Waals surface area contributed by atoms with Gasteiger partial charge in [-0.05, 0) is 18.7 Å². The molecule has 0 saturated carbocycles. The Balaban J connectivity index is 1.33. The standard InChI is InChI=1S/C23H29FN8O/c1-29-6-8-31(9-7-29)16-22(33)28-23-25-13-18-3-2-17(12-20(18)27-23)19-14-26-32-11-10-30(5-4-24)15-21(19)32/h2-3,12-14H,4-11,15-16H2,1H3,(H,25,27,28,33). The fourth-order valence-corrected chi connectivity index (χ4v) is 4.47. The summed E-state index contributed by atoms with van der Waals surface area (Å²) in [6.07, 6.45) is 3.60. The summed E-state index contributed by atoms with van der Waals surface area (Å²) in [5.74, 6) is 0.207. The Morgan fingerprint density at radius 1 is 1.09 bits per heavy atom. The highest BCUT2D eigenvalue weighted by molar-refractivity contribution is 5.92. The van der Waals surface area contributed by atoms with Crippen molar-refractivity contribution in [2.75, 3.05) is 64.9 Å². The number of fused-ring (bicyclic) bond motifs is 2. The lowest BCUT2D eigenvalue weighted by Crippen LogP contribution is -2.47. The topological polar surface area (TPSA) is 82.4 Å². The number of alkyl halides is 1. The largest absolute Gasteiger partial charge is 0.304 e. The fraction of sp³-hybridized carbons (Fsp3) is 0.478. The fourth-order valence-electron chi connectivity index (χ4n) is 4.47. The number of carbonyl (C=O) groups excluding carboxylic acids is 1. The van der Waals surface area contributed by atoms with Crippen molar-refractivity contribution < 1.29 is 9.18 Å². The monoisotopic (exact) mass is 452 g/mol. The molecule has 4 heterocycles. The van der Waals surface area contributed by atoms with Gasteiger partial charge in [0.15, 0.2) is 0 Å². The number of anilines is 1. The lowest BCUT2D eigenvalue weighted by atomic mass is 10.0. The number of nitrogens with zero attached hydrogens (tertiary/aromatic N) is 7. The van der Waals surface area contributed by atoms with Gasteiger partial charge >= 0.3 is 0 Å². The van der Waals surface area contributed by atoms with E-state index in [-0.39, 0.29) is 12.6 Å². The summed E-state index contributed by atoms with van der Waals surface area (Å²) in [5, 5.41) is 8.26. The van der Waals surface area contributed by atoms with Gasteiger partial charge in [-0.25, -0.2) is 14.4 Å². The number of benzene rings is 1. The van der Waals surface area contributed by atoms with Gasteiger partial charge in [-0.2, -0.15) is 5.10 Å². The zero-order chi connectivity index (χ0) is 22.8. The van der Waals surface area contributed by atoms with Gasteiger partial charge in [0.25, 0.3) is 0 Å². The van der Waals surface area contributed by atoms with E-state index in [0.29, 0.717) is 25.6 Å². The molecule has 2 aliphatic heterocycles. The maximum Gasteiger partial charge on any atom is 0.240 e. The van der Waals surface area contributed by atoms with Crippen molar-refractivity contribution >= 4 is 22.8 Å². The van der Waals surface area contributed by atoms with E-state index in [2.05, 4.69) is 42.1 Å². The number of likely N-dealkylation sites (N-methyl/N-ethyl adjacent to an activating group) is 1. The van der Waals surface area contributed by atoms with Crippen LogP contribution in [0.4, 0.5) is 10.3 Å². The minimum atomic E-state index is -0.348. The van der Waals surface area contributed by atoms with Crippen LogP contribution in [-0.4, -0.2) is 99.9 Å². The molecule has 2 aromatic heterocycles. The smallest absolute Gasteiger partial charge is 0.240 e. The highest BCUT2D eigenvalue weighted by Gasteiger charge is 2.21. The second-order valence-corrected chi connectivity index (χ2v) is 8.79. The van der Waals surface area contributed by atoms with Crippen molar-refractivity contribution in [3.05, 3.63) is 36.3 Å². The molecule has 0 radical (unpaired) electrons. The molecule has 0 atom stereocenters. The first-order chi connectivity index (χ1) is 16.1. The van der Waals surface area contributed by atoms with Crippen LogP contribution in [0.2, 0.25) is 0 Å². The molecule has 0 unspecified atom stereocenters. The number of halogens is 1. The Labute approximate surface area is 192 Å². The quantitative estimate of drug-likeness (QED) is 0.606. The average Bonchev–Trinajstić information content (AvgIpc) is 3.23. The van der Waals surface area contributed by atoms with E-state index in [4.69, 9.17) is 0 Å². The molecule has 3 aromatic rings. The van der Waals surface area contributed by atoms with Gasteiger partial charge < -0.3 is 4.90 Å². The summed E-state index contributed by atoms with van der Waals surface area (Å²) >= 11 is 0. The summed E-state index contributed by atoms with van der Waals surface area (Å²) in [4.78, 5) is 27.9. The van der Waals surface area contributed by atoms with Crippen LogP contribution in [0.5, 0.6) is 0 Å². The molecule has 10 heteroatoms. The summed E-state index contributed by atoms with van der Waals surface area (Å²) in [6.45, 7) is 6.36. The molecule has 9 nitrogen and oxygen atoms in total. The van der Waals surface area contributed by atoms with E-state index in [0.717, 1.165) is 67.0 Å². The Bertz CT molecular complexity index is 1140. The van der Waals surface area contributed by atoms with Gasteiger partial charge in [0, 0.05) is 63.0 Å². The van der Waals surface area contributed by atoms with Crippen molar-refractivity contribution in [1.29, 1.82) is 0 Å². The number of carbonyl (C=O) groups is 1. The molecule has 1 fully saturated rings. The number of piperazine rings is 1. The van der Waals surface area contributed by atoms with Gasteiger partial charge in [-0.1, -0.05) is 12.1 Å². The lowest BCUT2D eigenvalue weighted by molar-refractivity contribution is -0.117. The first kappa shape index (κ1) is 21.9. The molecule has 1 aromatic carbocycles. The van der Waals surface area contributed by atoms with Crippen LogP contribution < -0.4 is 5.32 Å². The van der Waals surface area contributed by atoms with Gasteiger partial charge in [-0.3, -0.25) is 24.6 Å². The molecule has 0 aliphatic carbocycles. The molecule has 0 bridgehead atoms. The van der Waals surface area contributed by atoms with Crippen molar-refractivity contribution in [2.45, 2.75) is 13.1 Å². The SMILES string of the molecule is CN1CCN(CC(=O)Nc2ncc3ccc(-c4cnn5c4CN(CCF)CC5)cc3n2)CC1. The highest BCUT2D eigenvalue weighted by Crippen LogP contribution is 2.29. The van der Waals surface area contributed by atoms with Crippen molar-refractivity contribution in [3.63, 3.8) is 0 Å². The normalized spacial score (nSPS) is 17.9. The van der Waals surface area contributed by atoms with Crippen LogP contribution in [0.1, 0.15) is 5.69 Å². The van der Waals surface area contributed by atoms with Crippen LogP contribution in [0.25, 0.3) is 22.0 Å². The van der Waals surface area contributed by atoms with E-state index >= 15 is 0 Å². The van der Waals surface area contributed by atoms with Crippen molar-refractivity contribution in [1.82, 2.24) is 34.4 Å². The van der Waals surface area contributed by atoms with Crippen molar-refractivity contribution in [3.8, 4) is 11.1 Å². The Morgan fingerprint density at radius 2 is 1.91 bits per heavy atom. The molecular weight excluding hydrogens is 423 g/mol. The second-order valence-electron chi connectivity index (χ2n) is 8.79. The van der Waals surface area contributed by atoms with E-state index in [9.17, 15) is 9.18 Å². The van der Waals surface area contributed by atoms with Gasteiger partial charge in [0.05, 0.1) is 30.5 Å². The maximum atomic E-state index is 12.8. The van der Waals surface area contributed by atoms with E-state index in [1.807, 2.05) is 29.1 Å². The molecule has 33 heavy (non-hydrogen) atoms. The number of hydrogen-bond acceptors (Lipinski definition) is 7. The number of aromatic nitrogens is 4. The van der Waals surface area contributed by atoms with E-state index < -0.39 is 0 Å². The number of amides is 1. The average molecular weight is 453 g/mol. The summed E-state index contributed by atoms with van der Waals surface area (Å²) in [6, 6.07) is 6.01. The summed E-state index contributed by atoms with van der Waals surface area (Å²) in [7, 11) is 2.09. The van der Waals surface area contributed by atoms with Crippen LogP contribution in [0.3, 0.4) is 0 Å². The van der Waals surface area contributed by atoms with Crippen LogP contribution >= 0.6 is 0 Å². The number of hydrogen-bond donors (Lipinski definition) is 1. The molecule has 5 rings (SSSR count). The molecule has 1 N–H and O–H groups in total. The molecule has 174 valence electrons. The third-order valence-corrected chi connectivity index (χ3v) is 6.46. The third kappa shape index (κ3) is 4.87. The van der Waals surface area contributed by atoms with Crippen LogP contribution in [0.15, 0.2) is 30.6 Å². The minimum absolute atomic E-state index is 0.103. The maximum absolute atomic E-state index is 12.8. The minimum Gasteiger partial charge on any atom is -0.304 e. The Kier molecular flexibility index (Phi) is 6.30. The molecule has 2 aliphatic rings. The summed E-state index contributed by atoms with van der Waals surface area (Å²) in [5.41, 5.74) is 3.87. The first-order valence-electron chi connectivity index (χ1n) is 11.4. The van der Waals surface area contributed by atoms with Gasteiger partial charge in [0.2, 0.25) is 11.9 Å².